The van der Waals surface area contributed by atoms with E-state index in [0.717, 1.165) is 43.2 Å². The SMILES string of the molecule is CCCCCCOC(=O)C(C#N)(CCC)C(c1ccccc1)c1ccccc1. The minimum atomic E-state index is -1.23. The van der Waals surface area contributed by atoms with Crippen molar-refractivity contribution < 1.29 is 9.53 Å². The van der Waals surface area contributed by atoms with Crippen LogP contribution in [0.1, 0.15) is 69.4 Å². The van der Waals surface area contributed by atoms with Gasteiger partial charge in [0, 0.05) is 5.92 Å². The van der Waals surface area contributed by atoms with Crippen LogP contribution in [0.5, 0.6) is 0 Å². The molecule has 2 aromatic carbocycles. The van der Waals surface area contributed by atoms with Gasteiger partial charge in [-0.2, -0.15) is 5.26 Å². The van der Waals surface area contributed by atoms with Crippen molar-refractivity contribution in [2.24, 2.45) is 5.41 Å². The van der Waals surface area contributed by atoms with Gasteiger partial charge < -0.3 is 4.74 Å². The van der Waals surface area contributed by atoms with E-state index >= 15 is 0 Å². The van der Waals surface area contributed by atoms with E-state index in [4.69, 9.17) is 4.74 Å². The van der Waals surface area contributed by atoms with Crippen molar-refractivity contribution in [3.8, 4) is 6.07 Å². The van der Waals surface area contributed by atoms with E-state index in [-0.39, 0.29) is 5.92 Å². The van der Waals surface area contributed by atoms with Crippen LogP contribution in [-0.2, 0) is 9.53 Å². The zero-order valence-electron chi connectivity index (χ0n) is 17.1. The Bertz CT molecular complexity index is 712. The molecule has 0 radical (unpaired) electrons. The van der Waals surface area contributed by atoms with Gasteiger partial charge in [0.1, 0.15) is 0 Å². The topological polar surface area (TPSA) is 50.1 Å². The first kappa shape index (κ1) is 21.7. The highest BCUT2D eigenvalue weighted by Gasteiger charge is 2.48. The first-order valence-electron chi connectivity index (χ1n) is 10.4. The summed E-state index contributed by atoms with van der Waals surface area (Å²) in [6, 6.07) is 22.1. The number of carbonyl (C=O) groups excluding carboxylic acids is 1. The molecule has 0 bridgehead atoms. The van der Waals surface area contributed by atoms with E-state index in [0.29, 0.717) is 13.0 Å². The number of benzene rings is 2. The van der Waals surface area contributed by atoms with Crippen LogP contribution < -0.4 is 0 Å². The number of hydrogen-bond donors (Lipinski definition) is 0. The van der Waals surface area contributed by atoms with Gasteiger partial charge in [-0.05, 0) is 24.0 Å². The number of hydrogen-bond acceptors (Lipinski definition) is 3. The maximum absolute atomic E-state index is 13.3. The number of rotatable bonds is 11. The lowest BCUT2D eigenvalue weighted by atomic mass is 9.67. The van der Waals surface area contributed by atoms with Crippen molar-refractivity contribution in [3.05, 3.63) is 71.8 Å². The molecule has 2 rings (SSSR count). The summed E-state index contributed by atoms with van der Waals surface area (Å²) in [5.41, 5.74) is 0.695. The van der Waals surface area contributed by atoms with Crippen molar-refractivity contribution >= 4 is 5.97 Å². The largest absolute Gasteiger partial charge is 0.464 e. The summed E-state index contributed by atoms with van der Waals surface area (Å²) in [6.07, 6.45) is 5.34. The van der Waals surface area contributed by atoms with Gasteiger partial charge in [-0.25, -0.2) is 0 Å². The van der Waals surface area contributed by atoms with Crippen LogP contribution >= 0.6 is 0 Å². The Balaban J connectivity index is 2.40. The van der Waals surface area contributed by atoms with Crippen LogP contribution in [0.25, 0.3) is 0 Å². The van der Waals surface area contributed by atoms with E-state index < -0.39 is 11.4 Å². The quantitative estimate of drug-likeness (QED) is 0.343. The number of nitriles is 1. The molecule has 0 aliphatic rings. The molecule has 0 heterocycles. The summed E-state index contributed by atoms with van der Waals surface area (Å²) in [7, 11) is 0. The normalized spacial score (nSPS) is 12.9. The molecule has 1 unspecified atom stereocenters. The molecule has 148 valence electrons. The third-order valence-electron chi connectivity index (χ3n) is 5.20. The monoisotopic (exact) mass is 377 g/mol. The fourth-order valence-electron chi connectivity index (χ4n) is 3.80. The molecule has 3 nitrogen and oxygen atoms in total. The van der Waals surface area contributed by atoms with Crippen molar-refractivity contribution in [1.29, 1.82) is 5.26 Å². The minimum absolute atomic E-state index is 0.358. The number of carbonyl (C=O) groups is 1. The third kappa shape index (κ3) is 5.23. The van der Waals surface area contributed by atoms with Crippen LogP contribution in [0.4, 0.5) is 0 Å². The Hall–Kier alpha value is -2.60. The Morgan fingerprint density at radius 2 is 1.50 bits per heavy atom. The zero-order valence-corrected chi connectivity index (χ0v) is 17.1. The van der Waals surface area contributed by atoms with Gasteiger partial charge in [0.25, 0.3) is 0 Å². The van der Waals surface area contributed by atoms with Gasteiger partial charge in [0.15, 0.2) is 5.41 Å². The van der Waals surface area contributed by atoms with Crippen LogP contribution in [-0.4, -0.2) is 12.6 Å². The van der Waals surface area contributed by atoms with Crippen LogP contribution in [0.15, 0.2) is 60.7 Å². The van der Waals surface area contributed by atoms with E-state index in [1.165, 1.54) is 0 Å². The Morgan fingerprint density at radius 3 is 1.96 bits per heavy atom. The lowest BCUT2D eigenvalue weighted by Gasteiger charge is -2.33. The van der Waals surface area contributed by atoms with Gasteiger partial charge in [0.05, 0.1) is 12.7 Å². The summed E-state index contributed by atoms with van der Waals surface area (Å²) >= 11 is 0. The maximum Gasteiger partial charge on any atom is 0.327 e. The molecule has 0 aliphatic heterocycles. The minimum Gasteiger partial charge on any atom is -0.464 e. The zero-order chi connectivity index (χ0) is 20.2. The van der Waals surface area contributed by atoms with Crippen molar-refractivity contribution in [2.45, 2.75) is 58.3 Å². The first-order valence-corrected chi connectivity index (χ1v) is 10.4. The highest BCUT2D eigenvalue weighted by Crippen LogP contribution is 2.45. The predicted octanol–water partition coefficient (Wildman–Crippen LogP) is 6.25. The Morgan fingerprint density at radius 1 is 0.929 bits per heavy atom. The van der Waals surface area contributed by atoms with Crippen LogP contribution in [0.2, 0.25) is 0 Å². The maximum atomic E-state index is 13.3. The highest BCUT2D eigenvalue weighted by molar-refractivity contribution is 5.82. The molecule has 0 aromatic heterocycles. The van der Waals surface area contributed by atoms with E-state index in [1.807, 2.05) is 67.6 Å². The fourth-order valence-corrected chi connectivity index (χ4v) is 3.80. The molecular weight excluding hydrogens is 346 g/mol. The lowest BCUT2D eigenvalue weighted by Crippen LogP contribution is -2.38. The fraction of sp³-hybridized carbons (Fsp3) is 0.440. The molecule has 3 heteroatoms. The molecule has 0 saturated heterocycles. The third-order valence-corrected chi connectivity index (χ3v) is 5.20. The van der Waals surface area contributed by atoms with Crippen LogP contribution in [0.3, 0.4) is 0 Å². The van der Waals surface area contributed by atoms with Crippen molar-refractivity contribution in [2.75, 3.05) is 6.61 Å². The summed E-state index contributed by atoms with van der Waals surface area (Å²) in [5, 5.41) is 10.3. The van der Waals surface area contributed by atoms with Gasteiger partial charge >= 0.3 is 5.97 Å². The second-order valence-corrected chi connectivity index (χ2v) is 7.28. The first-order chi connectivity index (χ1) is 13.7. The number of esters is 1. The van der Waals surface area contributed by atoms with Crippen molar-refractivity contribution in [1.82, 2.24) is 0 Å². The second kappa shape index (κ2) is 11.3. The molecule has 0 fully saturated rings. The molecule has 0 spiro atoms. The predicted molar refractivity (Wildman–Crippen MR) is 113 cm³/mol. The average Bonchev–Trinajstić information content (AvgIpc) is 2.74. The average molecular weight is 378 g/mol. The van der Waals surface area contributed by atoms with Gasteiger partial charge in [0.2, 0.25) is 0 Å². The standard InChI is InChI=1S/C25H31NO2/c1-3-5-6-13-19-28-24(27)25(20-26,18-4-2)23(21-14-9-7-10-15-21)22-16-11-8-12-17-22/h7-12,14-17,23H,3-6,13,18-19H2,1-2H3. The molecule has 0 aliphatic carbocycles. The molecule has 2 aromatic rings. The lowest BCUT2D eigenvalue weighted by molar-refractivity contribution is -0.153. The number of unbranched alkanes of at least 4 members (excludes halogenated alkanes) is 3. The van der Waals surface area contributed by atoms with Gasteiger partial charge in [-0.15, -0.1) is 0 Å². The molecule has 1 atom stereocenters. The summed E-state index contributed by atoms with van der Waals surface area (Å²) in [6.45, 7) is 4.54. The molecular formula is C25H31NO2. The second-order valence-electron chi connectivity index (χ2n) is 7.28. The van der Waals surface area contributed by atoms with E-state index in [2.05, 4.69) is 13.0 Å². The Kier molecular flexibility index (Phi) is 8.75. The smallest absolute Gasteiger partial charge is 0.327 e. The van der Waals surface area contributed by atoms with E-state index in [1.54, 1.807) is 0 Å². The van der Waals surface area contributed by atoms with Crippen LogP contribution in [0, 0.1) is 16.7 Å². The number of ether oxygens (including phenoxy) is 1. The van der Waals surface area contributed by atoms with Gasteiger partial charge in [-0.1, -0.05) is 100 Å². The summed E-state index contributed by atoms with van der Waals surface area (Å²) in [5.74, 6) is -0.756. The molecule has 0 saturated carbocycles. The van der Waals surface area contributed by atoms with Crippen molar-refractivity contribution in [3.63, 3.8) is 0 Å². The molecule has 28 heavy (non-hydrogen) atoms. The van der Waals surface area contributed by atoms with E-state index in [9.17, 15) is 10.1 Å². The summed E-state index contributed by atoms with van der Waals surface area (Å²) in [4.78, 5) is 13.3. The summed E-state index contributed by atoms with van der Waals surface area (Å²) < 4.78 is 5.66. The Labute approximate surface area is 169 Å². The highest BCUT2D eigenvalue weighted by atomic mass is 16.5. The molecule has 0 amide bonds. The number of nitrogens with zero attached hydrogens (tertiary/aromatic N) is 1. The van der Waals surface area contributed by atoms with Gasteiger partial charge in [-0.3, -0.25) is 4.79 Å². The molecule has 0 N–H and O–H groups in total.